The van der Waals surface area contributed by atoms with Gasteiger partial charge in [0.2, 0.25) is 0 Å². The number of ether oxygens (including phenoxy) is 1. The van der Waals surface area contributed by atoms with Crippen LogP contribution in [0.5, 0.6) is 5.75 Å². The lowest BCUT2D eigenvalue weighted by molar-refractivity contribution is -0.133. The molecule has 1 amide bonds. The van der Waals surface area contributed by atoms with E-state index in [4.69, 9.17) is 4.74 Å². The lowest BCUT2D eigenvalue weighted by atomic mass is 9.98. The highest BCUT2D eigenvalue weighted by atomic mass is 16.5. The van der Waals surface area contributed by atoms with Gasteiger partial charge in [0, 0.05) is 32.4 Å². The lowest BCUT2D eigenvalue weighted by Gasteiger charge is -2.35. The molecular formula is C21H27N3O2. The molecule has 0 aliphatic carbocycles. The van der Waals surface area contributed by atoms with E-state index in [-0.39, 0.29) is 12.5 Å². The molecule has 0 spiro atoms. The number of hydrogen-bond acceptors (Lipinski definition) is 4. The number of benzene rings is 1. The summed E-state index contributed by atoms with van der Waals surface area (Å²) in [5, 5.41) is 0. The molecule has 1 aliphatic heterocycles. The molecule has 0 unspecified atom stereocenters. The molecule has 0 saturated carbocycles. The van der Waals surface area contributed by atoms with Crippen molar-refractivity contribution in [1.29, 1.82) is 0 Å². The van der Waals surface area contributed by atoms with Crippen LogP contribution in [0.1, 0.15) is 30.9 Å². The van der Waals surface area contributed by atoms with Crippen LogP contribution in [-0.2, 0) is 4.79 Å². The van der Waals surface area contributed by atoms with Crippen LogP contribution in [0, 0.1) is 6.92 Å². The third-order valence-electron chi connectivity index (χ3n) is 4.83. The van der Waals surface area contributed by atoms with Gasteiger partial charge in [-0.25, -0.2) is 4.98 Å². The number of nitrogens with zero attached hydrogens (tertiary/aromatic N) is 3. The maximum Gasteiger partial charge on any atom is 0.260 e. The molecule has 138 valence electrons. The number of rotatable bonds is 5. The summed E-state index contributed by atoms with van der Waals surface area (Å²) >= 11 is 0. The number of anilines is 1. The van der Waals surface area contributed by atoms with Crippen LogP contribution in [0.25, 0.3) is 0 Å². The molecule has 0 atom stereocenters. The maximum atomic E-state index is 12.4. The molecule has 5 heteroatoms. The Bertz CT molecular complexity index is 738. The number of hydrogen-bond donors (Lipinski definition) is 0. The van der Waals surface area contributed by atoms with E-state index in [1.165, 1.54) is 11.1 Å². The Morgan fingerprint density at radius 1 is 1.15 bits per heavy atom. The highest BCUT2D eigenvalue weighted by molar-refractivity contribution is 5.78. The van der Waals surface area contributed by atoms with Crippen molar-refractivity contribution in [1.82, 2.24) is 9.88 Å². The number of pyridine rings is 1. The third-order valence-corrected chi connectivity index (χ3v) is 4.83. The summed E-state index contributed by atoms with van der Waals surface area (Å²) in [6.45, 7) is 9.52. The van der Waals surface area contributed by atoms with E-state index in [2.05, 4.69) is 36.7 Å². The van der Waals surface area contributed by atoms with E-state index in [0.717, 1.165) is 24.7 Å². The molecular weight excluding hydrogens is 326 g/mol. The number of aromatic nitrogens is 1. The van der Waals surface area contributed by atoms with E-state index in [1.807, 2.05) is 35.2 Å². The Balaban J connectivity index is 1.50. The zero-order valence-corrected chi connectivity index (χ0v) is 15.8. The van der Waals surface area contributed by atoms with E-state index in [0.29, 0.717) is 19.0 Å². The van der Waals surface area contributed by atoms with Crippen molar-refractivity contribution in [2.45, 2.75) is 26.7 Å². The van der Waals surface area contributed by atoms with E-state index < -0.39 is 0 Å². The Hall–Kier alpha value is -2.56. The molecule has 0 bridgehead atoms. The SMILES string of the molecule is Cc1cc(OCC(=O)N2CCN(c3ccccn3)CC2)ccc1C(C)C. The first-order chi connectivity index (χ1) is 12.5. The average Bonchev–Trinajstić information content (AvgIpc) is 2.66. The molecule has 1 aliphatic rings. The first kappa shape index (κ1) is 18.2. The fourth-order valence-electron chi connectivity index (χ4n) is 3.35. The van der Waals surface area contributed by atoms with Crippen LogP contribution in [0.4, 0.5) is 5.82 Å². The molecule has 1 saturated heterocycles. The molecule has 2 heterocycles. The van der Waals surface area contributed by atoms with Gasteiger partial charge in [0.25, 0.3) is 5.91 Å². The molecule has 26 heavy (non-hydrogen) atoms. The summed E-state index contributed by atoms with van der Waals surface area (Å²) in [6.07, 6.45) is 1.80. The first-order valence-corrected chi connectivity index (χ1v) is 9.21. The predicted octanol–water partition coefficient (Wildman–Crippen LogP) is 3.24. The number of amides is 1. The first-order valence-electron chi connectivity index (χ1n) is 9.21. The minimum atomic E-state index is 0.0382. The van der Waals surface area contributed by atoms with Crippen molar-refractivity contribution in [2.24, 2.45) is 0 Å². The third kappa shape index (κ3) is 4.34. The topological polar surface area (TPSA) is 45.7 Å². The van der Waals surface area contributed by atoms with Gasteiger partial charge in [-0.15, -0.1) is 0 Å². The fraction of sp³-hybridized carbons (Fsp3) is 0.429. The summed E-state index contributed by atoms with van der Waals surface area (Å²) in [4.78, 5) is 20.9. The van der Waals surface area contributed by atoms with Gasteiger partial charge in [0.1, 0.15) is 11.6 Å². The van der Waals surface area contributed by atoms with E-state index in [1.54, 1.807) is 6.20 Å². The summed E-state index contributed by atoms with van der Waals surface area (Å²) in [5.41, 5.74) is 2.52. The van der Waals surface area contributed by atoms with Gasteiger partial charge in [-0.3, -0.25) is 4.79 Å². The largest absolute Gasteiger partial charge is 0.484 e. The second-order valence-electron chi connectivity index (χ2n) is 7.02. The van der Waals surface area contributed by atoms with Gasteiger partial charge < -0.3 is 14.5 Å². The number of carbonyl (C=O) groups excluding carboxylic acids is 1. The number of aryl methyl sites for hydroxylation is 1. The van der Waals surface area contributed by atoms with Crippen molar-refractivity contribution in [3.05, 3.63) is 53.7 Å². The van der Waals surface area contributed by atoms with E-state index >= 15 is 0 Å². The van der Waals surface area contributed by atoms with E-state index in [9.17, 15) is 4.79 Å². The molecule has 1 aromatic heterocycles. The average molecular weight is 353 g/mol. The zero-order valence-electron chi connectivity index (χ0n) is 15.8. The molecule has 0 N–H and O–H groups in total. The van der Waals surface area contributed by atoms with Crippen molar-refractivity contribution < 1.29 is 9.53 Å². The highest BCUT2D eigenvalue weighted by Crippen LogP contribution is 2.23. The van der Waals surface area contributed by atoms with Gasteiger partial charge in [-0.05, 0) is 48.2 Å². The second kappa shape index (κ2) is 8.21. The van der Waals surface area contributed by atoms with Crippen molar-refractivity contribution in [3.8, 4) is 5.75 Å². The summed E-state index contributed by atoms with van der Waals surface area (Å²) in [7, 11) is 0. The second-order valence-corrected chi connectivity index (χ2v) is 7.02. The van der Waals surface area contributed by atoms with Gasteiger partial charge in [0.15, 0.2) is 6.61 Å². The Kier molecular flexibility index (Phi) is 5.76. The smallest absolute Gasteiger partial charge is 0.260 e. The van der Waals surface area contributed by atoms with Crippen molar-refractivity contribution in [3.63, 3.8) is 0 Å². The van der Waals surface area contributed by atoms with Crippen LogP contribution >= 0.6 is 0 Å². The van der Waals surface area contributed by atoms with Gasteiger partial charge in [0.05, 0.1) is 0 Å². The standard InChI is InChI=1S/C21H27N3O2/c1-16(2)19-8-7-18(14-17(19)3)26-15-21(25)24-12-10-23(11-13-24)20-6-4-5-9-22-20/h4-9,14,16H,10-13,15H2,1-3H3. The molecule has 0 radical (unpaired) electrons. The quantitative estimate of drug-likeness (QED) is 0.828. The van der Waals surface area contributed by atoms with Crippen LogP contribution < -0.4 is 9.64 Å². The molecule has 5 nitrogen and oxygen atoms in total. The highest BCUT2D eigenvalue weighted by Gasteiger charge is 2.22. The predicted molar refractivity (Wildman–Crippen MR) is 104 cm³/mol. The zero-order chi connectivity index (χ0) is 18.5. The number of piperazine rings is 1. The van der Waals surface area contributed by atoms with Crippen molar-refractivity contribution >= 4 is 11.7 Å². The summed E-state index contributed by atoms with van der Waals surface area (Å²) < 4.78 is 5.73. The lowest BCUT2D eigenvalue weighted by Crippen LogP contribution is -2.50. The van der Waals surface area contributed by atoms with Crippen LogP contribution in [0.3, 0.4) is 0 Å². The normalized spacial score (nSPS) is 14.6. The van der Waals surface area contributed by atoms with Crippen molar-refractivity contribution in [2.75, 3.05) is 37.7 Å². The molecule has 2 aromatic rings. The monoisotopic (exact) mass is 353 g/mol. The minimum Gasteiger partial charge on any atom is -0.484 e. The summed E-state index contributed by atoms with van der Waals surface area (Å²) in [6, 6.07) is 12.0. The molecule has 3 rings (SSSR count). The Morgan fingerprint density at radius 2 is 1.92 bits per heavy atom. The summed E-state index contributed by atoms with van der Waals surface area (Å²) in [5.74, 6) is 2.25. The molecule has 1 fully saturated rings. The fourth-order valence-corrected chi connectivity index (χ4v) is 3.35. The van der Waals surface area contributed by atoms with Gasteiger partial charge >= 0.3 is 0 Å². The maximum absolute atomic E-state index is 12.4. The van der Waals surface area contributed by atoms with Gasteiger partial charge in [-0.2, -0.15) is 0 Å². The van der Waals surface area contributed by atoms with Crippen LogP contribution in [0.2, 0.25) is 0 Å². The molecule has 1 aromatic carbocycles. The van der Waals surface area contributed by atoms with Crippen LogP contribution in [-0.4, -0.2) is 48.6 Å². The Morgan fingerprint density at radius 3 is 2.54 bits per heavy atom. The Labute approximate surface area is 155 Å². The minimum absolute atomic E-state index is 0.0382. The number of carbonyl (C=O) groups is 1. The van der Waals surface area contributed by atoms with Gasteiger partial charge in [-0.1, -0.05) is 26.0 Å². The van der Waals surface area contributed by atoms with Crippen LogP contribution in [0.15, 0.2) is 42.6 Å².